The van der Waals surface area contributed by atoms with Gasteiger partial charge in [0.2, 0.25) is 0 Å². The van der Waals surface area contributed by atoms with E-state index in [0.29, 0.717) is 11.6 Å². The molecule has 0 aliphatic heterocycles. The second-order valence-electron chi connectivity index (χ2n) is 6.13. The van der Waals surface area contributed by atoms with Gasteiger partial charge in [-0.1, -0.05) is 60.1 Å². The molecule has 2 aromatic heterocycles. The van der Waals surface area contributed by atoms with Crippen molar-refractivity contribution in [3.63, 3.8) is 0 Å². The second kappa shape index (κ2) is 9.19. The number of hydrogen-bond donors (Lipinski definition) is 2. The molecular formula is C21H22ClN5O. The van der Waals surface area contributed by atoms with Crippen molar-refractivity contribution < 1.29 is 5.21 Å². The summed E-state index contributed by atoms with van der Waals surface area (Å²) >= 11 is 6.39. The Balaban J connectivity index is 2.05. The molecule has 0 bridgehead atoms. The van der Waals surface area contributed by atoms with Gasteiger partial charge in [-0.3, -0.25) is 0 Å². The molecule has 3 rings (SSSR count). The fourth-order valence-corrected chi connectivity index (χ4v) is 3.06. The molecule has 0 amide bonds. The Labute approximate surface area is 168 Å². The van der Waals surface area contributed by atoms with Gasteiger partial charge in [0.25, 0.3) is 0 Å². The van der Waals surface area contributed by atoms with Gasteiger partial charge in [0.05, 0.1) is 18.1 Å². The fourth-order valence-electron chi connectivity index (χ4n) is 2.82. The molecule has 7 heteroatoms. The third-order valence-electron chi connectivity index (χ3n) is 4.28. The number of benzene rings is 1. The minimum Gasteiger partial charge on any atom is -0.411 e. The summed E-state index contributed by atoms with van der Waals surface area (Å²) in [5.74, 6) is 0.775. The van der Waals surface area contributed by atoms with Crippen LogP contribution in [0.15, 0.2) is 65.5 Å². The maximum Gasteiger partial charge on any atom is 0.161 e. The van der Waals surface area contributed by atoms with Crippen molar-refractivity contribution in [2.75, 3.05) is 11.9 Å². The number of halogens is 1. The van der Waals surface area contributed by atoms with Crippen LogP contribution >= 0.6 is 11.6 Å². The van der Waals surface area contributed by atoms with Gasteiger partial charge in [-0.25, -0.2) is 4.98 Å². The molecule has 0 aliphatic carbocycles. The number of oxime groups is 1. The first kappa shape index (κ1) is 19.6. The Bertz CT molecular complexity index is 1050. The molecule has 0 unspecified atom stereocenters. The van der Waals surface area contributed by atoms with Crippen molar-refractivity contribution in [2.24, 2.45) is 5.16 Å². The Kier molecular flexibility index (Phi) is 6.45. The summed E-state index contributed by atoms with van der Waals surface area (Å²) in [6.07, 6.45) is 9.73. The maximum absolute atomic E-state index is 8.90. The van der Waals surface area contributed by atoms with Crippen LogP contribution in [0.25, 0.3) is 16.9 Å². The van der Waals surface area contributed by atoms with E-state index in [1.807, 2.05) is 61.7 Å². The molecule has 0 atom stereocenters. The monoisotopic (exact) mass is 395 g/mol. The fraction of sp³-hybridized carbons (Fsp3) is 0.190. The molecule has 0 radical (unpaired) electrons. The highest BCUT2D eigenvalue weighted by Crippen LogP contribution is 2.29. The number of fused-ring (bicyclic) bond motifs is 1. The SMILES string of the molecule is C\C=C/C=C(\C=N\O)CNc1cc(-c2ccccc2Cl)nc2c(CC)cnn12. The van der Waals surface area contributed by atoms with Gasteiger partial charge in [0.1, 0.15) is 5.82 Å². The van der Waals surface area contributed by atoms with Crippen LogP contribution in [0.3, 0.4) is 0 Å². The van der Waals surface area contributed by atoms with Crippen LogP contribution in [-0.4, -0.2) is 32.6 Å². The van der Waals surface area contributed by atoms with Gasteiger partial charge in [-0.15, -0.1) is 0 Å². The first-order valence-corrected chi connectivity index (χ1v) is 9.41. The van der Waals surface area contributed by atoms with Gasteiger partial charge in [-0.05, 0) is 25.0 Å². The van der Waals surface area contributed by atoms with E-state index in [0.717, 1.165) is 40.3 Å². The zero-order valence-electron chi connectivity index (χ0n) is 15.8. The van der Waals surface area contributed by atoms with Gasteiger partial charge in [0.15, 0.2) is 5.65 Å². The lowest BCUT2D eigenvalue weighted by atomic mass is 10.1. The van der Waals surface area contributed by atoms with E-state index in [2.05, 4.69) is 22.5 Å². The molecule has 1 aromatic carbocycles. The smallest absolute Gasteiger partial charge is 0.161 e. The molecule has 0 saturated heterocycles. The molecule has 3 aromatic rings. The number of rotatable bonds is 7. The topological polar surface area (TPSA) is 74.8 Å². The number of hydrogen-bond acceptors (Lipinski definition) is 5. The Hall–Kier alpha value is -3.12. The average molecular weight is 396 g/mol. The molecule has 2 N–H and O–H groups in total. The molecule has 28 heavy (non-hydrogen) atoms. The number of aromatic nitrogens is 3. The van der Waals surface area contributed by atoms with Crippen molar-refractivity contribution in [3.05, 3.63) is 70.9 Å². The second-order valence-corrected chi connectivity index (χ2v) is 6.54. The Morgan fingerprint density at radius 3 is 2.89 bits per heavy atom. The quantitative estimate of drug-likeness (QED) is 0.256. The molecule has 0 aliphatic rings. The predicted octanol–water partition coefficient (Wildman–Crippen LogP) is 4.99. The van der Waals surface area contributed by atoms with Crippen LogP contribution in [0.4, 0.5) is 5.82 Å². The van der Waals surface area contributed by atoms with Crippen LogP contribution in [0.5, 0.6) is 0 Å². The van der Waals surface area contributed by atoms with Gasteiger partial charge in [-0.2, -0.15) is 9.61 Å². The summed E-state index contributed by atoms with van der Waals surface area (Å²) in [5, 5.41) is 20.5. The molecular weight excluding hydrogens is 374 g/mol. The van der Waals surface area contributed by atoms with E-state index in [-0.39, 0.29) is 0 Å². The standard InChI is InChI=1S/C21H22ClN5O/c1-3-5-8-15(13-25-28)12-23-20-11-19(17-9-6-7-10-18(17)22)26-21-16(4-2)14-24-27(20)21/h3,5-11,13-14,23,28H,4,12H2,1-2H3/b5-3-,15-8-,25-13+. The van der Waals surface area contributed by atoms with E-state index in [1.165, 1.54) is 6.21 Å². The van der Waals surface area contributed by atoms with Crippen molar-refractivity contribution in [1.29, 1.82) is 0 Å². The molecule has 144 valence electrons. The highest BCUT2D eigenvalue weighted by atomic mass is 35.5. The van der Waals surface area contributed by atoms with Crippen molar-refractivity contribution >= 4 is 29.3 Å². The van der Waals surface area contributed by atoms with Crippen LogP contribution in [0.2, 0.25) is 5.02 Å². The van der Waals surface area contributed by atoms with Crippen LogP contribution < -0.4 is 5.32 Å². The van der Waals surface area contributed by atoms with Gasteiger partial charge in [0, 0.05) is 28.8 Å². The van der Waals surface area contributed by atoms with Gasteiger partial charge < -0.3 is 10.5 Å². The van der Waals surface area contributed by atoms with Crippen molar-refractivity contribution in [2.45, 2.75) is 20.3 Å². The summed E-state index contributed by atoms with van der Waals surface area (Å²) in [7, 11) is 0. The van der Waals surface area contributed by atoms with E-state index < -0.39 is 0 Å². The Morgan fingerprint density at radius 1 is 1.36 bits per heavy atom. The lowest BCUT2D eigenvalue weighted by Crippen LogP contribution is -2.11. The lowest BCUT2D eigenvalue weighted by molar-refractivity contribution is 0.321. The largest absolute Gasteiger partial charge is 0.411 e. The third-order valence-corrected chi connectivity index (χ3v) is 4.61. The summed E-state index contributed by atoms with van der Waals surface area (Å²) in [6, 6.07) is 9.55. The molecule has 6 nitrogen and oxygen atoms in total. The predicted molar refractivity (Wildman–Crippen MR) is 114 cm³/mol. The first-order valence-electron chi connectivity index (χ1n) is 9.03. The van der Waals surface area contributed by atoms with Crippen molar-refractivity contribution in [1.82, 2.24) is 14.6 Å². The van der Waals surface area contributed by atoms with E-state index in [1.54, 1.807) is 4.52 Å². The highest BCUT2D eigenvalue weighted by molar-refractivity contribution is 6.33. The van der Waals surface area contributed by atoms with Gasteiger partial charge >= 0.3 is 0 Å². The van der Waals surface area contributed by atoms with E-state index in [9.17, 15) is 0 Å². The zero-order valence-corrected chi connectivity index (χ0v) is 16.6. The molecule has 2 heterocycles. The number of allylic oxidation sites excluding steroid dienone is 3. The summed E-state index contributed by atoms with van der Waals surface area (Å²) in [6.45, 7) is 4.45. The average Bonchev–Trinajstić information content (AvgIpc) is 3.13. The normalized spacial score (nSPS) is 12.5. The molecule has 0 saturated carbocycles. The van der Waals surface area contributed by atoms with Crippen molar-refractivity contribution in [3.8, 4) is 11.3 Å². The summed E-state index contributed by atoms with van der Waals surface area (Å²) < 4.78 is 1.78. The zero-order chi connectivity index (χ0) is 19.9. The minimum atomic E-state index is 0.455. The summed E-state index contributed by atoms with van der Waals surface area (Å²) in [4.78, 5) is 4.79. The third kappa shape index (κ3) is 4.23. The highest BCUT2D eigenvalue weighted by Gasteiger charge is 2.13. The number of nitrogens with one attached hydrogen (secondary N) is 1. The molecule has 0 spiro atoms. The van der Waals surface area contributed by atoms with Crippen LogP contribution in [0.1, 0.15) is 19.4 Å². The number of nitrogens with zero attached hydrogens (tertiary/aromatic N) is 4. The maximum atomic E-state index is 8.90. The molecule has 0 fully saturated rings. The lowest BCUT2D eigenvalue weighted by Gasteiger charge is -2.12. The number of aryl methyl sites for hydroxylation is 1. The number of anilines is 1. The van der Waals surface area contributed by atoms with Crippen LogP contribution in [0, 0.1) is 0 Å². The van der Waals surface area contributed by atoms with E-state index in [4.69, 9.17) is 21.8 Å². The minimum absolute atomic E-state index is 0.455. The van der Waals surface area contributed by atoms with Crippen LogP contribution in [-0.2, 0) is 6.42 Å². The Morgan fingerprint density at radius 2 is 2.18 bits per heavy atom. The van der Waals surface area contributed by atoms with E-state index >= 15 is 0 Å². The first-order chi connectivity index (χ1) is 13.7. The summed E-state index contributed by atoms with van der Waals surface area (Å²) in [5.41, 5.74) is 4.29.